The quantitative estimate of drug-likeness (QED) is 0.311. The van der Waals surface area contributed by atoms with Crippen molar-refractivity contribution in [1.29, 1.82) is 0 Å². The molecule has 0 radical (unpaired) electrons. The number of halogens is 1. The lowest BCUT2D eigenvalue weighted by Crippen LogP contribution is -2.46. The number of methoxy groups -OCH3 is 1. The van der Waals surface area contributed by atoms with Crippen molar-refractivity contribution in [3.63, 3.8) is 0 Å². The number of esters is 2. The molecule has 0 aliphatic rings. The minimum absolute atomic E-state index is 0.0814. The molecule has 0 atom stereocenters. The number of nitrogen functional groups attached to an aromatic ring is 1. The van der Waals surface area contributed by atoms with E-state index in [2.05, 4.69) is 4.74 Å². The Labute approximate surface area is 209 Å². The van der Waals surface area contributed by atoms with E-state index >= 15 is 0 Å². The third-order valence-corrected chi connectivity index (χ3v) is 5.23. The van der Waals surface area contributed by atoms with Crippen LogP contribution in [0.15, 0.2) is 64.2 Å². The summed E-state index contributed by atoms with van der Waals surface area (Å²) >= 11 is 5.79. The first-order valence-electron chi connectivity index (χ1n) is 10.5. The van der Waals surface area contributed by atoms with Gasteiger partial charge in [-0.1, -0.05) is 41.9 Å². The summed E-state index contributed by atoms with van der Waals surface area (Å²) in [6.07, 6.45) is 0. The minimum Gasteiger partial charge on any atom is -0.482 e. The van der Waals surface area contributed by atoms with Crippen LogP contribution in [0.3, 0.4) is 0 Å². The zero-order valence-electron chi connectivity index (χ0n) is 19.1. The summed E-state index contributed by atoms with van der Waals surface area (Å²) in [5.41, 5.74) is 4.10. The van der Waals surface area contributed by atoms with Gasteiger partial charge in [0.25, 0.3) is 5.56 Å². The van der Waals surface area contributed by atoms with Crippen molar-refractivity contribution in [1.82, 2.24) is 9.13 Å². The van der Waals surface area contributed by atoms with E-state index in [0.717, 1.165) is 11.7 Å². The van der Waals surface area contributed by atoms with Crippen LogP contribution in [0.25, 0.3) is 0 Å². The topological polar surface area (TPSA) is 149 Å². The lowest BCUT2D eigenvalue weighted by atomic mass is 10.2. The first-order chi connectivity index (χ1) is 17.2. The highest BCUT2D eigenvalue weighted by Gasteiger charge is 2.25. The average Bonchev–Trinajstić information content (AvgIpc) is 2.88. The lowest BCUT2D eigenvalue weighted by Gasteiger charge is -2.16. The smallest absolute Gasteiger partial charge is 0.344 e. The van der Waals surface area contributed by atoms with Crippen LogP contribution in [-0.2, 0) is 32.2 Å². The van der Waals surface area contributed by atoms with Crippen molar-refractivity contribution in [2.75, 3.05) is 26.1 Å². The van der Waals surface area contributed by atoms with Crippen molar-refractivity contribution in [2.45, 2.75) is 13.1 Å². The summed E-state index contributed by atoms with van der Waals surface area (Å²) in [5.74, 6) is -2.80. The molecule has 3 aromatic rings. The Morgan fingerprint density at radius 2 is 1.58 bits per heavy atom. The standard InChI is InChI=1S/C24H22ClN3O8/c1-34-19(30)12-28-23(32)21(22(26)27(24(28)33)11-15-5-3-2-4-6-15)18(29)13-36-20(31)14-35-17-9-7-16(25)8-10-17/h2-10H,11-14,26H2,1H3. The number of hydrogen-bond donors (Lipinski definition) is 1. The van der Waals surface area contributed by atoms with Gasteiger partial charge in [-0.15, -0.1) is 0 Å². The van der Waals surface area contributed by atoms with Gasteiger partial charge in [0, 0.05) is 5.02 Å². The Balaban J connectivity index is 1.84. The van der Waals surface area contributed by atoms with Crippen LogP contribution >= 0.6 is 11.6 Å². The van der Waals surface area contributed by atoms with E-state index in [4.69, 9.17) is 26.8 Å². The number of hydrogen-bond acceptors (Lipinski definition) is 9. The SMILES string of the molecule is COC(=O)Cn1c(=O)c(C(=O)COC(=O)COc2ccc(Cl)cc2)c(N)n(Cc2ccccc2)c1=O. The largest absolute Gasteiger partial charge is 0.482 e. The molecule has 2 aromatic carbocycles. The molecule has 0 saturated carbocycles. The fourth-order valence-corrected chi connectivity index (χ4v) is 3.29. The summed E-state index contributed by atoms with van der Waals surface area (Å²) in [4.78, 5) is 62.6. The maximum atomic E-state index is 13.0. The highest BCUT2D eigenvalue weighted by Crippen LogP contribution is 2.15. The van der Waals surface area contributed by atoms with Gasteiger partial charge < -0.3 is 19.9 Å². The Kier molecular flexibility index (Phi) is 8.63. The maximum absolute atomic E-state index is 13.0. The predicted octanol–water partition coefficient (Wildman–Crippen LogP) is 1.27. The number of rotatable bonds is 10. The summed E-state index contributed by atoms with van der Waals surface area (Å²) < 4.78 is 16.3. The molecular formula is C24H22ClN3O8. The summed E-state index contributed by atoms with van der Waals surface area (Å²) in [7, 11) is 1.09. The molecule has 0 amide bonds. The number of anilines is 1. The van der Waals surface area contributed by atoms with E-state index in [1.165, 1.54) is 0 Å². The highest BCUT2D eigenvalue weighted by atomic mass is 35.5. The zero-order chi connectivity index (χ0) is 26.2. The molecule has 0 aliphatic carbocycles. The number of aromatic nitrogens is 2. The monoisotopic (exact) mass is 515 g/mol. The molecule has 0 bridgehead atoms. The number of ketones is 1. The van der Waals surface area contributed by atoms with Crippen LogP contribution in [0.5, 0.6) is 5.75 Å². The molecule has 36 heavy (non-hydrogen) atoms. The van der Waals surface area contributed by atoms with Crippen LogP contribution in [0, 0.1) is 0 Å². The summed E-state index contributed by atoms with van der Waals surface area (Å²) in [6, 6.07) is 14.9. The van der Waals surface area contributed by atoms with Gasteiger partial charge in [-0.3, -0.25) is 19.0 Å². The van der Waals surface area contributed by atoms with Crippen molar-refractivity contribution in [2.24, 2.45) is 0 Å². The predicted molar refractivity (Wildman–Crippen MR) is 129 cm³/mol. The fraction of sp³-hybridized carbons (Fsp3) is 0.208. The van der Waals surface area contributed by atoms with Crippen LogP contribution in [0.1, 0.15) is 15.9 Å². The van der Waals surface area contributed by atoms with Gasteiger partial charge >= 0.3 is 17.6 Å². The number of ether oxygens (including phenoxy) is 3. The van der Waals surface area contributed by atoms with Crippen LogP contribution in [0.4, 0.5) is 5.82 Å². The second-order valence-electron chi connectivity index (χ2n) is 7.41. The number of nitrogens with two attached hydrogens (primary N) is 1. The second kappa shape index (κ2) is 11.8. The molecule has 0 saturated heterocycles. The molecule has 0 spiro atoms. The van der Waals surface area contributed by atoms with Crippen molar-refractivity contribution >= 4 is 35.1 Å². The van der Waals surface area contributed by atoms with Gasteiger partial charge in [0.1, 0.15) is 23.7 Å². The number of nitrogens with zero attached hydrogens (tertiary/aromatic N) is 2. The third kappa shape index (κ3) is 6.39. The molecule has 3 rings (SSSR count). The van der Waals surface area contributed by atoms with Crippen molar-refractivity contribution < 1.29 is 28.6 Å². The van der Waals surface area contributed by atoms with Crippen LogP contribution in [0.2, 0.25) is 5.02 Å². The van der Waals surface area contributed by atoms with Crippen molar-refractivity contribution in [3.8, 4) is 5.75 Å². The number of carbonyl (C=O) groups excluding carboxylic acids is 3. The molecular weight excluding hydrogens is 494 g/mol. The first kappa shape index (κ1) is 26.2. The van der Waals surface area contributed by atoms with Crippen molar-refractivity contribution in [3.05, 3.63) is 91.6 Å². The molecule has 1 heterocycles. The molecule has 1 aromatic heterocycles. The summed E-state index contributed by atoms with van der Waals surface area (Å²) in [5, 5.41) is 0.486. The van der Waals surface area contributed by atoms with E-state index in [0.29, 0.717) is 20.9 Å². The van der Waals surface area contributed by atoms with Crippen LogP contribution < -0.4 is 21.7 Å². The maximum Gasteiger partial charge on any atom is 0.344 e. The molecule has 0 aliphatic heterocycles. The van der Waals surface area contributed by atoms with Gasteiger partial charge in [-0.05, 0) is 29.8 Å². The minimum atomic E-state index is -1.11. The van der Waals surface area contributed by atoms with Gasteiger partial charge in [0.2, 0.25) is 5.78 Å². The van der Waals surface area contributed by atoms with E-state index in [1.807, 2.05) is 0 Å². The lowest BCUT2D eigenvalue weighted by molar-refractivity contribution is -0.145. The molecule has 12 heteroatoms. The number of carbonyl (C=O) groups is 3. The Bertz CT molecular complexity index is 1380. The van der Waals surface area contributed by atoms with E-state index in [9.17, 15) is 24.0 Å². The fourth-order valence-electron chi connectivity index (χ4n) is 3.16. The highest BCUT2D eigenvalue weighted by molar-refractivity contribution is 6.30. The van der Waals surface area contributed by atoms with E-state index < -0.39 is 60.1 Å². The second-order valence-corrected chi connectivity index (χ2v) is 7.84. The molecule has 188 valence electrons. The molecule has 2 N–H and O–H groups in total. The van der Waals surface area contributed by atoms with Crippen LogP contribution in [-0.4, -0.2) is 47.2 Å². The molecule has 0 unspecified atom stereocenters. The Hall–Kier alpha value is -4.38. The number of Topliss-reactive ketones (excluding diaryl/α,β-unsaturated/α-hetero) is 1. The third-order valence-electron chi connectivity index (χ3n) is 4.98. The van der Waals surface area contributed by atoms with Gasteiger partial charge in [0.05, 0.1) is 13.7 Å². The molecule has 11 nitrogen and oxygen atoms in total. The Morgan fingerprint density at radius 3 is 2.22 bits per heavy atom. The Morgan fingerprint density at radius 1 is 0.917 bits per heavy atom. The average molecular weight is 516 g/mol. The number of benzene rings is 2. The molecule has 0 fully saturated rings. The summed E-state index contributed by atoms with van der Waals surface area (Å²) in [6.45, 7) is -2.17. The van der Waals surface area contributed by atoms with Gasteiger partial charge in [-0.2, -0.15) is 0 Å². The zero-order valence-corrected chi connectivity index (χ0v) is 19.9. The van der Waals surface area contributed by atoms with E-state index in [-0.39, 0.29) is 6.54 Å². The van der Waals surface area contributed by atoms with Gasteiger partial charge in [0.15, 0.2) is 13.2 Å². The first-order valence-corrected chi connectivity index (χ1v) is 10.9. The normalized spacial score (nSPS) is 10.5. The van der Waals surface area contributed by atoms with E-state index in [1.54, 1.807) is 54.6 Å². The van der Waals surface area contributed by atoms with Gasteiger partial charge in [-0.25, -0.2) is 14.2 Å².